The second kappa shape index (κ2) is 5.21. The summed E-state index contributed by atoms with van der Waals surface area (Å²) >= 11 is 0. The number of nitrogens with zero attached hydrogens (tertiary/aromatic N) is 3. The molecule has 0 saturated carbocycles. The van der Waals surface area contributed by atoms with Crippen LogP contribution < -0.4 is 5.32 Å². The number of rotatable bonds is 4. The van der Waals surface area contributed by atoms with Gasteiger partial charge in [-0.3, -0.25) is 4.57 Å². The maximum atomic E-state index is 5.60. The van der Waals surface area contributed by atoms with Gasteiger partial charge in [0.2, 0.25) is 0 Å². The molecule has 0 radical (unpaired) electrons. The van der Waals surface area contributed by atoms with Crippen molar-refractivity contribution in [1.82, 2.24) is 14.5 Å². The van der Waals surface area contributed by atoms with Crippen LogP contribution in [-0.4, -0.2) is 14.5 Å². The van der Waals surface area contributed by atoms with E-state index < -0.39 is 0 Å². The molecule has 1 unspecified atom stereocenters. The lowest BCUT2D eigenvalue weighted by molar-refractivity contribution is 0.467. The van der Waals surface area contributed by atoms with Gasteiger partial charge in [-0.25, -0.2) is 9.97 Å². The zero-order valence-corrected chi connectivity index (χ0v) is 11.4. The number of anilines is 1. The van der Waals surface area contributed by atoms with Gasteiger partial charge in [-0.1, -0.05) is 0 Å². The Morgan fingerprint density at radius 3 is 2.75 bits per heavy atom. The summed E-state index contributed by atoms with van der Waals surface area (Å²) in [6.45, 7) is 4.00. The third-order valence-electron chi connectivity index (χ3n) is 3.09. The Balaban J connectivity index is 1.72. The first-order valence-electron chi connectivity index (χ1n) is 6.49. The number of nitrogens with one attached hydrogen (secondary N) is 1. The molecule has 0 aliphatic rings. The fraction of sp³-hybridized carbons (Fsp3) is 0.200. The van der Waals surface area contributed by atoms with Gasteiger partial charge in [0, 0.05) is 12.4 Å². The van der Waals surface area contributed by atoms with Crippen molar-refractivity contribution in [3.05, 3.63) is 60.7 Å². The third-order valence-corrected chi connectivity index (χ3v) is 3.09. The summed E-state index contributed by atoms with van der Waals surface area (Å²) in [5, 5.41) is 3.36. The van der Waals surface area contributed by atoms with Gasteiger partial charge in [0.1, 0.15) is 23.7 Å². The summed E-state index contributed by atoms with van der Waals surface area (Å²) in [7, 11) is 0. The van der Waals surface area contributed by atoms with E-state index >= 15 is 0 Å². The van der Waals surface area contributed by atoms with Crippen LogP contribution in [0.5, 0.6) is 0 Å². The Bertz CT molecular complexity index is 670. The van der Waals surface area contributed by atoms with E-state index in [0.29, 0.717) is 0 Å². The Morgan fingerprint density at radius 1 is 1.25 bits per heavy atom. The summed E-state index contributed by atoms with van der Waals surface area (Å²) in [4.78, 5) is 8.41. The number of hydrogen-bond acceptors (Lipinski definition) is 4. The predicted octanol–water partition coefficient (Wildman–Crippen LogP) is 3.34. The molecular formula is C15H16N4O. The maximum absolute atomic E-state index is 5.60. The van der Waals surface area contributed by atoms with Crippen molar-refractivity contribution in [2.75, 3.05) is 5.32 Å². The second-order valence-corrected chi connectivity index (χ2v) is 4.69. The minimum Gasteiger partial charge on any atom is -0.464 e. The minimum absolute atomic E-state index is 0.101. The van der Waals surface area contributed by atoms with Gasteiger partial charge in [0.25, 0.3) is 0 Å². The molecule has 0 spiro atoms. The number of aryl methyl sites for hydroxylation is 1. The molecule has 5 heteroatoms. The van der Waals surface area contributed by atoms with Gasteiger partial charge in [0.05, 0.1) is 17.9 Å². The van der Waals surface area contributed by atoms with Crippen LogP contribution in [0, 0.1) is 6.92 Å². The predicted molar refractivity (Wildman–Crippen MR) is 76.8 cm³/mol. The SMILES string of the molecule is Cc1ccc(C(C)Nc2ccc(-n3ccnc3)nc2)o1. The minimum atomic E-state index is 0.101. The Morgan fingerprint density at radius 2 is 2.15 bits per heavy atom. The lowest BCUT2D eigenvalue weighted by atomic mass is 10.2. The Hall–Kier alpha value is -2.56. The topological polar surface area (TPSA) is 55.9 Å². The average Bonchev–Trinajstić information content (AvgIpc) is 3.10. The van der Waals surface area contributed by atoms with E-state index in [1.807, 2.05) is 48.1 Å². The van der Waals surface area contributed by atoms with Crippen molar-refractivity contribution >= 4 is 5.69 Å². The van der Waals surface area contributed by atoms with E-state index in [2.05, 4.69) is 22.2 Å². The standard InChI is InChI=1S/C15H16N4O/c1-11-3-5-14(20-11)12(2)18-13-4-6-15(17-9-13)19-8-7-16-10-19/h3-10,12,18H,1-2H3. The first-order chi connectivity index (χ1) is 9.72. The number of pyridine rings is 1. The molecule has 0 fully saturated rings. The van der Waals surface area contributed by atoms with Crippen LogP contribution >= 0.6 is 0 Å². The highest BCUT2D eigenvalue weighted by atomic mass is 16.3. The summed E-state index contributed by atoms with van der Waals surface area (Å²) in [6.07, 6.45) is 7.13. The van der Waals surface area contributed by atoms with Crippen LogP contribution in [0.25, 0.3) is 5.82 Å². The third kappa shape index (κ3) is 2.56. The molecule has 20 heavy (non-hydrogen) atoms. The van der Waals surface area contributed by atoms with Crippen LogP contribution in [0.4, 0.5) is 5.69 Å². The lowest BCUT2D eigenvalue weighted by Gasteiger charge is -2.13. The van der Waals surface area contributed by atoms with Gasteiger partial charge < -0.3 is 9.73 Å². The molecule has 1 atom stereocenters. The molecular weight excluding hydrogens is 252 g/mol. The first-order valence-corrected chi connectivity index (χ1v) is 6.49. The van der Waals surface area contributed by atoms with E-state index in [4.69, 9.17) is 4.42 Å². The molecule has 0 aliphatic carbocycles. The largest absolute Gasteiger partial charge is 0.464 e. The van der Waals surface area contributed by atoms with Crippen molar-refractivity contribution in [2.45, 2.75) is 19.9 Å². The fourth-order valence-electron chi connectivity index (χ4n) is 2.03. The van der Waals surface area contributed by atoms with Crippen molar-refractivity contribution in [3.8, 4) is 5.82 Å². The molecule has 3 rings (SSSR count). The summed E-state index contributed by atoms with van der Waals surface area (Å²) < 4.78 is 7.47. The number of imidazole rings is 1. The van der Waals surface area contributed by atoms with Crippen molar-refractivity contribution in [1.29, 1.82) is 0 Å². The van der Waals surface area contributed by atoms with Gasteiger partial charge in [-0.15, -0.1) is 0 Å². The van der Waals surface area contributed by atoms with E-state index in [0.717, 1.165) is 23.0 Å². The van der Waals surface area contributed by atoms with Gasteiger partial charge in [-0.05, 0) is 38.1 Å². The molecule has 0 aliphatic heterocycles. The fourth-order valence-corrected chi connectivity index (χ4v) is 2.03. The molecule has 0 saturated heterocycles. The van der Waals surface area contributed by atoms with Crippen LogP contribution in [0.3, 0.4) is 0 Å². The highest BCUT2D eigenvalue weighted by molar-refractivity contribution is 5.45. The number of aromatic nitrogens is 3. The van der Waals surface area contributed by atoms with Crippen LogP contribution in [0.2, 0.25) is 0 Å². The summed E-state index contributed by atoms with van der Waals surface area (Å²) in [5.41, 5.74) is 0.954. The molecule has 1 N–H and O–H groups in total. The summed E-state index contributed by atoms with van der Waals surface area (Å²) in [5.74, 6) is 2.68. The zero-order valence-electron chi connectivity index (χ0n) is 11.4. The summed E-state index contributed by atoms with van der Waals surface area (Å²) in [6, 6.07) is 8.00. The monoisotopic (exact) mass is 268 g/mol. The molecule has 0 aromatic carbocycles. The van der Waals surface area contributed by atoms with Gasteiger partial charge in [0.15, 0.2) is 0 Å². The molecule has 3 aromatic heterocycles. The van der Waals surface area contributed by atoms with Crippen LogP contribution in [0.15, 0.2) is 53.6 Å². The first kappa shape index (κ1) is 12.5. The second-order valence-electron chi connectivity index (χ2n) is 4.69. The van der Waals surface area contributed by atoms with E-state index in [1.54, 1.807) is 12.5 Å². The number of furan rings is 1. The quantitative estimate of drug-likeness (QED) is 0.788. The normalized spacial score (nSPS) is 12.3. The molecule has 5 nitrogen and oxygen atoms in total. The van der Waals surface area contributed by atoms with Gasteiger partial charge >= 0.3 is 0 Å². The molecule has 102 valence electrons. The maximum Gasteiger partial charge on any atom is 0.137 e. The van der Waals surface area contributed by atoms with E-state index in [9.17, 15) is 0 Å². The lowest BCUT2D eigenvalue weighted by Crippen LogP contribution is -2.06. The van der Waals surface area contributed by atoms with Crippen molar-refractivity contribution < 1.29 is 4.42 Å². The molecule has 3 aromatic rings. The van der Waals surface area contributed by atoms with E-state index in [1.165, 1.54) is 0 Å². The van der Waals surface area contributed by atoms with Crippen molar-refractivity contribution in [2.24, 2.45) is 0 Å². The molecule has 3 heterocycles. The van der Waals surface area contributed by atoms with Gasteiger partial charge in [-0.2, -0.15) is 0 Å². The smallest absolute Gasteiger partial charge is 0.137 e. The Labute approximate surface area is 117 Å². The Kier molecular flexibility index (Phi) is 3.25. The zero-order chi connectivity index (χ0) is 13.9. The average molecular weight is 268 g/mol. The van der Waals surface area contributed by atoms with Crippen LogP contribution in [-0.2, 0) is 0 Å². The number of hydrogen-bond donors (Lipinski definition) is 1. The van der Waals surface area contributed by atoms with Crippen molar-refractivity contribution in [3.63, 3.8) is 0 Å². The van der Waals surface area contributed by atoms with E-state index in [-0.39, 0.29) is 6.04 Å². The molecule has 0 amide bonds. The van der Waals surface area contributed by atoms with Crippen LogP contribution in [0.1, 0.15) is 24.5 Å². The highest BCUT2D eigenvalue weighted by Crippen LogP contribution is 2.21. The molecule has 0 bridgehead atoms. The highest BCUT2D eigenvalue weighted by Gasteiger charge is 2.09.